The molecular formula is C70H72BN3O. The number of furan rings is 1. The molecule has 0 amide bonds. The minimum Gasteiger partial charge on any atom is -0.440 e. The molecule has 10 aromatic rings. The van der Waals surface area contributed by atoms with Crippen molar-refractivity contribution < 1.29 is 4.42 Å². The first kappa shape index (κ1) is 48.7. The van der Waals surface area contributed by atoms with Gasteiger partial charge in [-0.3, -0.25) is 0 Å². The highest BCUT2D eigenvalue weighted by molar-refractivity contribution is 6.93. The summed E-state index contributed by atoms with van der Waals surface area (Å²) in [7, 11) is 0. The number of benzene rings is 8. The summed E-state index contributed by atoms with van der Waals surface area (Å²) in [6.07, 6.45) is 0. The molecule has 0 saturated carbocycles. The molecule has 2 aromatic heterocycles. The maximum Gasteiger partial charge on any atom is 0.336 e. The van der Waals surface area contributed by atoms with Crippen LogP contribution in [0.2, 0.25) is 0 Å². The van der Waals surface area contributed by atoms with Crippen LogP contribution in [0.1, 0.15) is 132 Å². The van der Waals surface area contributed by atoms with Crippen LogP contribution in [0.25, 0.3) is 60.7 Å². The lowest BCUT2D eigenvalue weighted by molar-refractivity contribution is 0.552. The van der Waals surface area contributed by atoms with E-state index in [1.165, 1.54) is 93.9 Å². The molecule has 5 heteroatoms. The molecule has 376 valence electrons. The second kappa shape index (κ2) is 16.6. The Morgan fingerprint density at radius 1 is 0.467 bits per heavy atom. The number of hydrogen-bond donors (Lipinski definition) is 0. The molecule has 8 aromatic carbocycles. The molecule has 75 heavy (non-hydrogen) atoms. The fraction of sp³-hybridized carbons (Fsp3) is 0.286. The van der Waals surface area contributed by atoms with E-state index in [9.17, 15) is 0 Å². The van der Waals surface area contributed by atoms with Crippen LogP contribution in [-0.2, 0) is 27.1 Å². The lowest BCUT2D eigenvalue weighted by Crippen LogP contribution is -2.60. The summed E-state index contributed by atoms with van der Waals surface area (Å²) < 4.78 is 10.4. The highest BCUT2D eigenvalue weighted by Crippen LogP contribution is 2.54. The lowest BCUT2D eigenvalue weighted by Gasteiger charge is -2.41. The van der Waals surface area contributed by atoms with Gasteiger partial charge in [0.05, 0.1) is 28.0 Å². The van der Waals surface area contributed by atoms with E-state index < -0.39 is 0 Å². The molecule has 0 unspecified atom stereocenters. The van der Waals surface area contributed by atoms with Gasteiger partial charge in [0.25, 0.3) is 0 Å². The second-order valence-corrected chi connectivity index (χ2v) is 26.7. The summed E-state index contributed by atoms with van der Waals surface area (Å²) in [5, 5.41) is 3.66. The number of para-hydroxylation sites is 2. The fourth-order valence-corrected chi connectivity index (χ4v) is 12.1. The second-order valence-electron chi connectivity index (χ2n) is 26.7. The van der Waals surface area contributed by atoms with Crippen LogP contribution in [0.4, 0.5) is 28.6 Å². The number of fused-ring (bicyclic) bond motifs is 9. The number of aromatic nitrogens is 1. The predicted molar refractivity (Wildman–Crippen MR) is 323 cm³/mol. The molecule has 0 bridgehead atoms. The first-order valence-electron chi connectivity index (χ1n) is 27.2. The fourth-order valence-electron chi connectivity index (χ4n) is 12.1. The molecule has 0 atom stereocenters. The van der Waals surface area contributed by atoms with E-state index in [4.69, 9.17) is 4.42 Å². The zero-order chi connectivity index (χ0) is 52.9. The molecule has 4 nitrogen and oxygen atoms in total. The molecule has 4 heterocycles. The van der Waals surface area contributed by atoms with E-state index in [2.05, 4.69) is 282 Å². The van der Waals surface area contributed by atoms with Crippen molar-refractivity contribution in [1.29, 1.82) is 0 Å². The largest absolute Gasteiger partial charge is 0.440 e. The first-order chi connectivity index (χ1) is 35.4. The SMILES string of the molecule is CC(C)(C)c1ccc(N2B3c4c(cc(C(C)(C)C)cc4-n4c5ccc(C(C)(C)C)cc5c5c(N(c6ccccc6)c6ccccc6-c6ccccc6)ccc3c54)-c3c2oc2c(C(C)(C)C)cc(C(C)(C)C)cc32)cc1. The Labute approximate surface area is 446 Å². The Hall–Kier alpha value is -7.24. The van der Waals surface area contributed by atoms with Crippen molar-refractivity contribution in [3.8, 4) is 27.9 Å². The molecule has 0 aliphatic carbocycles. The first-order valence-corrected chi connectivity index (χ1v) is 27.2. The van der Waals surface area contributed by atoms with E-state index in [0.29, 0.717) is 0 Å². The van der Waals surface area contributed by atoms with E-state index in [0.717, 1.165) is 34.2 Å². The van der Waals surface area contributed by atoms with Crippen molar-refractivity contribution in [2.75, 3.05) is 9.71 Å². The molecule has 0 N–H and O–H groups in total. The van der Waals surface area contributed by atoms with Gasteiger partial charge in [-0.2, -0.15) is 0 Å². The van der Waals surface area contributed by atoms with Gasteiger partial charge in [-0.25, -0.2) is 0 Å². The molecule has 2 aliphatic rings. The quantitative estimate of drug-likeness (QED) is 0.161. The van der Waals surface area contributed by atoms with Crippen LogP contribution in [0.3, 0.4) is 0 Å². The number of hydrogen-bond acceptors (Lipinski definition) is 3. The summed E-state index contributed by atoms with van der Waals surface area (Å²) in [5.74, 6) is 0.902. The van der Waals surface area contributed by atoms with Crippen LogP contribution in [0.15, 0.2) is 168 Å². The van der Waals surface area contributed by atoms with Gasteiger partial charge in [0.15, 0.2) is 5.88 Å². The standard InChI is InChI=1S/C70H72BN3O/c1-66(2,3)44-30-33-49(34-31-44)74-65-60(53-40-46(68(7,8)9)41-54(64(53)75-65)70(13,14)15)52-39-47(69(10,11)12)42-59-62(52)71(74)55-35-37-58(61-51-38-45(67(4,5)6)32-36-57(51)73(59)63(55)61)72(48-26-20-17-21-27-48)56-29-23-22-28-50(56)43-24-18-16-19-25-43/h16-42H,1-15H3. The Balaban J connectivity index is 1.27. The summed E-state index contributed by atoms with van der Waals surface area (Å²) in [6, 6.07) is 62.2. The summed E-state index contributed by atoms with van der Waals surface area (Å²) in [6.45, 7) is 34.8. The molecule has 0 saturated heterocycles. The van der Waals surface area contributed by atoms with Crippen molar-refractivity contribution in [2.45, 2.75) is 131 Å². The maximum absolute atomic E-state index is 7.70. The van der Waals surface area contributed by atoms with E-state index in [-0.39, 0.29) is 33.9 Å². The number of anilines is 5. The van der Waals surface area contributed by atoms with Gasteiger partial charge in [0.1, 0.15) is 5.58 Å². The normalized spacial score (nSPS) is 13.7. The Kier molecular flexibility index (Phi) is 10.8. The summed E-state index contributed by atoms with van der Waals surface area (Å²) in [4.78, 5) is 5.09. The van der Waals surface area contributed by atoms with Gasteiger partial charge in [0, 0.05) is 44.3 Å². The number of rotatable bonds is 5. The van der Waals surface area contributed by atoms with Crippen LogP contribution >= 0.6 is 0 Å². The van der Waals surface area contributed by atoms with Crippen LogP contribution in [-0.4, -0.2) is 11.4 Å². The monoisotopic (exact) mass is 982 g/mol. The van der Waals surface area contributed by atoms with E-state index in [1.807, 2.05) is 0 Å². The van der Waals surface area contributed by atoms with Crippen LogP contribution < -0.4 is 20.6 Å². The highest BCUT2D eigenvalue weighted by atomic mass is 16.4. The van der Waals surface area contributed by atoms with Gasteiger partial charge >= 0.3 is 6.85 Å². The Bertz CT molecular complexity index is 3900. The Morgan fingerprint density at radius 2 is 1.05 bits per heavy atom. The lowest BCUT2D eigenvalue weighted by atomic mass is 9.44. The third-order valence-electron chi connectivity index (χ3n) is 16.3. The van der Waals surface area contributed by atoms with Gasteiger partial charge in [-0.05, 0) is 132 Å². The maximum atomic E-state index is 7.70. The molecule has 0 spiro atoms. The third-order valence-corrected chi connectivity index (χ3v) is 16.3. The molecule has 0 radical (unpaired) electrons. The smallest absolute Gasteiger partial charge is 0.336 e. The Morgan fingerprint density at radius 3 is 1.69 bits per heavy atom. The van der Waals surface area contributed by atoms with E-state index >= 15 is 0 Å². The minimum absolute atomic E-state index is 0.0114. The van der Waals surface area contributed by atoms with Crippen LogP contribution in [0, 0.1) is 0 Å². The van der Waals surface area contributed by atoms with Gasteiger partial charge < -0.3 is 18.7 Å². The van der Waals surface area contributed by atoms with Gasteiger partial charge in [0.2, 0.25) is 0 Å². The van der Waals surface area contributed by atoms with Crippen molar-refractivity contribution in [3.63, 3.8) is 0 Å². The molecule has 12 rings (SSSR count). The van der Waals surface area contributed by atoms with Crippen molar-refractivity contribution >= 4 is 79.2 Å². The van der Waals surface area contributed by atoms with E-state index in [1.54, 1.807) is 0 Å². The molecule has 2 aliphatic heterocycles. The molecule has 0 fully saturated rings. The highest BCUT2D eigenvalue weighted by Gasteiger charge is 2.48. The van der Waals surface area contributed by atoms with Crippen LogP contribution in [0.5, 0.6) is 0 Å². The average molecular weight is 982 g/mol. The van der Waals surface area contributed by atoms with Gasteiger partial charge in [-0.15, -0.1) is 0 Å². The zero-order valence-electron chi connectivity index (χ0n) is 46.9. The summed E-state index contributed by atoms with van der Waals surface area (Å²) >= 11 is 0. The van der Waals surface area contributed by atoms with Crippen molar-refractivity contribution in [3.05, 3.63) is 192 Å². The topological polar surface area (TPSA) is 24.6 Å². The van der Waals surface area contributed by atoms with Crippen molar-refractivity contribution in [1.82, 2.24) is 4.57 Å². The average Bonchev–Trinajstić information content (AvgIpc) is 4.03. The zero-order valence-corrected chi connectivity index (χ0v) is 46.9. The third kappa shape index (κ3) is 7.78. The van der Waals surface area contributed by atoms with Crippen molar-refractivity contribution in [2.24, 2.45) is 0 Å². The van der Waals surface area contributed by atoms with Gasteiger partial charge in [-0.1, -0.05) is 207 Å². The predicted octanol–water partition coefficient (Wildman–Crippen LogP) is 18.4. The minimum atomic E-state index is -0.227. The number of nitrogens with zero attached hydrogens (tertiary/aromatic N) is 3. The molecular weight excluding hydrogens is 910 g/mol. The summed E-state index contributed by atoms with van der Waals surface area (Å²) in [5.41, 5.74) is 22.4.